The van der Waals surface area contributed by atoms with Gasteiger partial charge in [-0.25, -0.2) is 0 Å². The molecule has 0 bridgehead atoms. The smallest absolute Gasteiger partial charge is 0.234 e. The maximum absolute atomic E-state index is 13.7. The maximum atomic E-state index is 13.7. The van der Waals surface area contributed by atoms with E-state index < -0.39 is 0 Å². The molecule has 182 valence electrons. The highest BCUT2D eigenvalue weighted by molar-refractivity contribution is 5.95. The van der Waals surface area contributed by atoms with Gasteiger partial charge in [0.05, 0.1) is 11.6 Å². The lowest BCUT2D eigenvalue weighted by atomic mass is 9.90. The van der Waals surface area contributed by atoms with Crippen LogP contribution in [0, 0.1) is 0 Å². The first kappa shape index (κ1) is 22.9. The van der Waals surface area contributed by atoms with Crippen LogP contribution in [0.15, 0.2) is 115 Å². The summed E-state index contributed by atoms with van der Waals surface area (Å²) in [6.07, 6.45) is 0. The molecule has 1 aliphatic rings. The number of amides is 1. The maximum Gasteiger partial charge on any atom is 0.234 e. The van der Waals surface area contributed by atoms with Gasteiger partial charge in [0, 0.05) is 31.7 Å². The van der Waals surface area contributed by atoms with Crippen molar-refractivity contribution in [1.29, 1.82) is 0 Å². The minimum Gasteiger partial charge on any atom is -0.352 e. The number of rotatable bonds is 5. The van der Waals surface area contributed by atoms with Crippen molar-refractivity contribution in [3.63, 3.8) is 0 Å². The molecule has 1 aliphatic heterocycles. The van der Waals surface area contributed by atoms with E-state index in [-0.39, 0.29) is 11.8 Å². The summed E-state index contributed by atoms with van der Waals surface area (Å²) < 4.78 is 0. The molecule has 0 unspecified atom stereocenters. The first-order valence-electron chi connectivity index (χ1n) is 12.7. The lowest BCUT2D eigenvalue weighted by Gasteiger charge is -2.37. The van der Waals surface area contributed by atoms with Gasteiger partial charge in [-0.1, -0.05) is 103 Å². The zero-order valence-corrected chi connectivity index (χ0v) is 20.6. The molecule has 1 fully saturated rings. The van der Waals surface area contributed by atoms with Gasteiger partial charge < -0.3 is 9.80 Å². The van der Waals surface area contributed by atoms with E-state index in [1.165, 1.54) is 10.8 Å². The van der Waals surface area contributed by atoms with Crippen LogP contribution < -0.4 is 4.90 Å². The molecule has 5 aromatic rings. The fourth-order valence-electron chi connectivity index (χ4n) is 5.19. The number of benzene rings is 4. The van der Waals surface area contributed by atoms with E-state index in [1.54, 1.807) is 0 Å². The summed E-state index contributed by atoms with van der Waals surface area (Å²) in [5, 5.41) is 11.5. The van der Waals surface area contributed by atoms with Crippen molar-refractivity contribution in [2.75, 3.05) is 31.1 Å². The van der Waals surface area contributed by atoms with Gasteiger partial charge in [0.25, 0.3) is 0 Å². The number of carbonyl (C=O) groups excluding carboxylic acids is 1. The first-order chi connectivity index (χ1) is 18.3. The van der Waals surface area contributed by atoms with Gasteiger partial charge in [0.2, 0.25) is 5.91 Å². The Hall–Kier alpha value is -4.51. The second kappa shape index (κ2) is 10.2. The monoisotopic (exact) mass is 484 g/mol. The zero-order valence-electron chi connectivity index (χ0n) is 20.6. The molecular weight excluding hydrogens is 456 g/mol. The van der Waals surface area contributed by atoms with E-state index in [0.717, 1.165) is 41.3 Å². The summed E-state index contributed by atoms with van der Waals surface area (Å²) in [6.45, 7) is 2.76. The van der Waals surface area contributed by atoms with Crippen LogP contribution >= 0.6 is 0 Å². The Morgan fingerprint density at radius 1 is 0.622 bits per heavy atom. The summed E-state index contributed by atoms with van der Waals surface area (Å²) in [5.41, 5.74) is 4.00. The minimum absolute atomic E-state index is 0.148. The Labute approximate surface area is 217 Å². The molecule has 4 aromatic carbocycles. The highest BCUT2D eigenvalue weighted by Crippen LogP contribution is 2.29. The third-order valence-electron chi connectivity index (χ3n) is 7.14. The lowest BCUT2D eigenvalue weighted by Crippen LogP contribution is -2.50. The number of anilines is 1. The van der Waals surface area contributed by atoms with Gasteiger partial charge >= 0.3 is 0 Å². The van der Waals surface area contributed by atoms with Crippen molar-refractivity contribution in [2.45, 2.75) is 5.92 Å². The second-order valence-corrected chi connectivity index (χ2v) is 9.37. The van der Waals surface area contributed by atoms with E-state index in [4.69, 9.17) is 0 Å². The van der Waals surface area contributed by atoms with Crippen molar-refractivity contribution in [3.8, 4) is 11.3 Å². The molecule has 6 rings (SSSR count). The van der Waals surface area contributed by atoms with E-state index in [2.05, 4.69) is 51.5 Å². The minimum atomic E-state index is -0.297. The van der Waals surface area contributed by atoms with Crippen LogP contribution in [0.1, 0.15) is 17.0 Å². The predicted octanol–water partition coefficient (Wildman–Crippen LogP) is 5.78. The summed E-state index contributed by atoms with van der Waals surface area (Å²) in [4.78, 5) is 17.9. The highest BCUT2D eigenvalue weighted by Gasteiger charge is 2.30. The molecule has 0 radical (unpaired) electrons. The van der Waals surface area contributed by atoms with Crippen LogP contribution in [-0.4, -0.2) is 47.2 Å². The van der Waals surface area contributed by atoms with Crippen LogP contribution in [0.2, 0.25) is 0 Å². The van der Waals surface area contributed by atoms with E-state index in [0.29, 0.717) is 13.1 Å². The molecule has 1 amide bonds. The van der Waals surface area contributed by atoms with E-state index in [1.807, 2.05) is 83.8 Å². The SMILES string of the molecule is O=C(C(c1ccccc1)c1ccccc1)N1CCN(c2ccc(-c3cccc4ccccc34)nn2)CC1. The van der Waals surface area contributed by atoms with Gasteiger partial charge in [0.1, 0.15) is 0 Å². The molecule has 37 heavy (non-hydrogen) atoms. The van der Waals surface area contributed by atoms with Crippen LogP contribution in [0.5, 0.6) is 0 Å². The number of hydrogen-bond donors (Lipinski definition) is 0. The molecule has 1 saturated heterocycles. The number of fused-ring (bicyclic) bond motifs is 1. The standard InChI is InChI=1S/C32H28N4O/c37-32(31(25-11-3-1-4-12-25)26-13-5-2-6-14-26)36-22-20-35(21-23-36)30-19-18-29(33-34-30)28-17-9-15-24-10-7-8-16-27(24)28/h1-19,31H,20-23H2. The number of piperazine rings is 1. The summed E-state index contributed by atoms with van der Waals surface area (Å²) in [6, 6.07) is 38.8. The Bertz CT molecular complexity index is 1450. The molecule has 0 N–H and O–H groups in total. The molecule has 5 nitrogen and oxygen atoms in total. The summed E-state index contributed by atoms with van der Waals surface area (Å²) in [5.74, 6) is 0.696. The molecule has 1 aromatic heterocycles. The fourth-order valence-corrected chi connectivity index (χ4v) is 5.19. The quantitative estimate of drug-likeness (QED) is 0.317. The third-order valence-corrected chi connectivity index (χ3v) is 7.14. The predicted molar refractivity (Wildman–Crippen MR) is 148 cm³/mol. The fraction of sp³-hybridized carbons (Fsp3) is 0.156. The van der Waals surface area contributed by atoms with Gasteiger partial charge in [-0.3, -0.25) is 4.79 Å². The lowest BCUT2D eigenvalue weighted by molar-refractivity contribution is -0.132. The Morgan fingerprint density at radius 3 is 1.89 bits per heavy atom. The number of nitrogens with zero attached hydrogens (tertiary/aromatic N) is 4. The van der Waals surface area contributed by atoms with Gasteiger partial charge in [-0.05, 0) is 34.0 Å². The Morgan fingerprint density at radius 2 is 1.24 bits per heavy atom. The Kier molecular flexibility index (Phi) is 6.34. The second-order valence-electron chi connectivity index (χ2n) is 9.37. The normalized spacial score (nSPS) is 13.8. The average molecular weight is 485 g/mol. The molecule has 5 heteroatoms. The summed E-state index contributed by atoms with van der Waals surface area (Å²) in [7, 11) is 0. The van der Waals surface area contributed by atoms with Crippen LogP contribution in [0.4, 0.5) is 5.82 Å². The molecule has 0 spiro atoms. The van der Waals surface area contributed by atoms with Crippen molar-refractivity contribution in [1.82, 2.24) is 15.1 Å². The first-order valence-corrected chi connectivity index (χ1v) is 12.7. The number of carbonyl (C=O) groups is 1. The molecule has 2 heterocycles. The van der Waals surface area contributed by atoms with Crippen molar-refractivity contribution >= 4 is 22.5 Å². The third kappa shape index (κ3) is 4.68. The molecule has 0 aliphatic carbocycles. The van der Waals surface area contributed by atoms with Crippen LogP contribution in [0.3, 0.4) is 0 Å². The van der Waals surface area contributed by atoms with Gasteiger partial charge in [-0.2, -0.15) is 0 Å². The highest BCUT2D eigenvalue weighted by atomic mass is 16.2. The van der Waals surface area contributed by atoms with Gasteiger partial charge in [-0.15, -0.1) is 10.2 Å². The molecule has 0 saturated carbocycles. The van der Waals surface area contributed by atoms with E-state index in [9.17, 15) is 4.79 Å². The average Bonchev–Trinajstić information content (AvgIpc) is 2.98. The van der Waals surface area contributed by atoms with E-state index >= 15 is 0 Å². The van der Waals surface area contributed by atoms with Crippen molar-refractivity contribution in [3.05, 3.63) is 126 Å². The van der Waals surface area contributed by atoms with Crippen molar-refractivity contribution in [2.24, 2.45) is 0 Å². The number of aromatic nitrogens is 2. The largest absolute Gasteiger partial charge is 0.352 e. The topological polar surface area (TPSA) is 49.3 Å². The van der Waals surface area contributed by atoms with Crippen LogP contribution in [-0.2, 0) is 4.79 Å². The van der Waals surface area contributed by atoms with Crippen molar-refractivity contribution < 1.29 is 4.79 Å². The molecule has 0 atom stereocenters. The zero-order chi connectivity index (χ0) is 25.0. The van der Waals surface area contributed by atoms with Gasteiger partial charge in [0.15, 0.2) is 5.82 Å². The Balaban J connectivity index is 1.17. The molecular formula is C32H28N4O. The number of hydrogen-bond acceptors (Lipinski definition) is 4. The summed E-state index contributed by atoms with van der Waals surface area (Å²) >= 11 is 0. The van der Waals surface area contributed by atoms with Crippen LogP contribution in [0.25, 0.3) is 22.0 Å².